The molecule has 0 atom stereocenters. The van der Waals surface area contributed by atoms with Crippen molar-refractivity contribution in [3.05, 3.63) is 105 Å². The maximum absolute atomic E-state index is 12.7. The Kier molecular flexibility index (Phi) is 7.41. The summed E-state index contributed by atoms with van der Waals surface area (Å²) in [6, 6.07) is 21.1. The summed E-state index contributed by atoms with van der Waals surface area (Å²) < 4.78 is 6.99. The molecular weight excluding hydrogens is 466 g/mol. The van der Waals surface area contributed by atoms with Crippen LogP contribution in [0.1, 0.15) is 27.3 Å². The molecule has 1 heterocycles. The number of nitro groups is 1. The number of aromatic nitrogens is 3. The zero-order valence-corrected chi connectivity index (χ0v) is 20.0. The monoisotopic (exact) mass is 489 g/mol. The average Bonchev–Trinajstić information content (AvgIpc) is 3.29. The molecule has 0 aliphatic carbocycles. The highest BCUT2D eigenvalue weighted by atomic mass is 32.2. The van der Waals surface area contributed by atoms with Gasteiger partial charge in [-0.3, -0.25) is 19.5 Å². The van der Waals surface area contributed by atoms with Crippen LogP contribution in [-0.4, -0.2) is 32.7 Å². The van der Waals surface area contributed by atoms with Gasteiger partial charge in [0.05, 0.1) is 18.6 Å². The fraction of sp³-hybridized carbons (Fsp3) is 0.160. The summed E-state index contributed by atoms with van der Waals surface area (Å²) in [5, 5.41) is 23.2. The molecule has 0 aliphatic heterocycles. The van der Waals surface area contributed by atoms with E-state index in [-0.39, 0.29) is 18.1 Å². The number of nitrogens with one attached hydrogen (secondary N) is 1. The number of rotatable bonds is 9. The van der Waals surface area contributed by atoms with Gasteiger partial charge in [0.2, 0.25) is 0 Å². The van der Waals surface area contributed by atoms with E-state index in [4.69, 9.17) is 4.74 Å². The zero-order chi connectivity index (χ0) is 24.8. The Balaban J connectivity index is 1.60. The van der Waals surface area contributed by atoms with Gasteiger partial charge >= 0.3 is 0 Å². The quantitative estimate of drug-likeness (QED) is 0.206. The van der Waals surface area contributed by atoms with Crippen molar-refractivity contribution >= 4 is 23.4 Å². The van der Waals surface area contributed by atoms with E-state index in [0.717, 1.165) is 0 Å². The van der Waals surface area contributed by atoms with Crippen LogP contribution in [0.4, 0.5) is 5.69 Å². The van der Waals surface area contributed by atoms with Crippen LogP contribution < -0.4 is 10.1 Å². The molecule has 10 heteroatoms. The van der Waals surface area contributed by atoms with Crippen molar-refractivity contribution in [1.82, 2.24) is 20.1 Å². The van der Waals surface area contributed by atoms with Crippen LogP contribution in [0.25, 0.3) is 5.69 Å². The van der Waals surface area contributed by atoms with E-state index in [0.29, 0.717) is 33.7 Å². The molecule has 1 N–H and O–H groups in total. The third kappa shape index (κ3) is 5.67. The summed E-state index contributed by atoms with van der Waals surface area (Å²) in [4.78, 5) is 23.4. The van der Waals surface area contributed by atoms with Gasteiger partial charge in [0.1, 0.15) is 5.75 Å². The van der Waals surface area contributed by atoms with Crippen LogP contribution in [0.15, 0.2) is 78.0 Å². The Morgan fingerprint density at radius 2 is 1.86 bits per heavy atom. The van der Waals surface area contributed by atoms with Crippen molar-refractivity contribution in [3.63, 3.8) is 0 Å². The Morgan fingerprint density at radius 1 is 1.09 bits per heavy atom. The predicted octanol–water partition coefficient (Wildman–Crippen LogP) is 4.71. The molecular formula is C25H23N5O4S. The van der Waals surface area contributed by atoms with Gasteiger partial charge in [-0.1, -0.05) is 42.1 Å². The van der Waals surface area contributed by atoms with Crippen molar-refractivity contribution in [2.45, 2.75) is 24.4 Å². The van der Waals surface area contributed by atoms with E-state index < -0.39 is 4.92 Å². The highest BCUT2D eigenvalue weighted by Crippen LogP contribution is 2.27. The Hall–Kier alpha value is -4.18. The van der Waals surface area contributed by atoms with Crippen molar-refractivity contribution in [2.24, 2.45) is 0 Å². The summed E-state index contributed by atoms with van der Waals surface area (Å²) in [5.74, 6) is 1.48. The smallest absolute Gasteiger partial charge is 0.269 e. The second-order valence-electron chi connectivity index (χ2n) is 7.64. The summed E-state index contributed by atoms with van der Waals surface area (Å²) in [5.41, 5.74) is 3.46. The van der Waals surface area contributed by atoms with Crippen LogP contribution in [0.3, 0.4) is 0 Å². The number of carbonyl (C=O) groups excluding carboxylic acids is 1. The summed E-state index contributed by atoms with van der Waals surface area (Å²) >= 11 is 1.50. The highest BCUT2D eigenvalue weighted by molar-refractivity contribution is 7.98. The molecule has 0 saturated heterocycles. The number of benzene rings is 3. The van der Waals surface area contributed by atoms with Gasteiger partial charge < -0.3 is 10.1 Å². The standard InChI is InChI=1S/C25H23N5O4S/c1-17-6-3-4-7-19(17)16-35-25-28-27-23(29(25)20-10-12-21(13-11-20)30(32)33)15-26-24(31)18-8-5-9-22(14-18)34-2/h3-14H,15-16H2,1-2H3,(H,26,31). The van der Waals surface area contributed by atoms with Gasteiger partial charge in [-0.25, -0.2) is 0 Å². The topological polar surface area (TPSA) is 112 Å². The SMILES string of the molecule is COc1cccc(C(=O)NCc2nnc(SCc3ccccc3C)n2-c2ccc([N+](=O)[O-])cc2)c1. The Bertz CT molecular complexity index is 1350. The lowest BCUT2D eigenvalue weighted by molar-refractivity contribution is -0.384. The van der Waals surface area contributed by atoms with E-state index in [9.17, 15) is 14.9 Å². The minimum atomic E-state index is -0.445. The number of hydrogen-bond acceptors (Lipinski definition) is 7. The van der Waals surface area contributed by atoms with Crippen molar-refractivity contribution < 1.29 is 14.5 Å². The van der Waals surface area contributed by atoms with Crippen molar-refractivity contribution in [3.8, 4) is 11.4 Å². The normalized spacial score (nSPS) is 10.7. The second-order valence-corrected chi connectivity index (χ2v) is 8.58. The van der Waals surface area contributed by atoms with Gasteiger partial charge in [0.25, 0.3) is 11.6 Å². The van der Waals surface area contributed by atoms with Gasteiger partial charge in [-0.05, 0) is 48.4 Å². The fourth-order valence-electron chi connectivity index (χ4n) is 3.43. The molecule has 4 aromatic rings. The molecule has 0 radical (unpaired) electrons. The summed E-state index contributed by atoms with van der Waals surface area (Å²) in [6.45, 7) is 2.17. The minimum Gasteiger partial charge on any atom is -0.497 e. The first-order valence-corrected chi connectivity index (χ1v) is 11.7. The van der Waals surface area contributed by atoms with E-state index in [1.807, 2.05) is 12.1 Å². The third-order valence-electron chi connectivity index (χ3n) is 5.38. The van der Waals surface area contributed by atoms with E-state index in [2.05, 4.69) is 34.6 Å². The van der Waals surface area contributed by atoms with Gasteiger partial charge in [0, 0.05) is 29.1 Å². The molecule has 178 valence electrons. The lowest BCUT2D eigenvalue weighted by Crippen LogP contribution is -2.24. The van der Waals surface area contributed by atoms with Gasteiger partial charge in [0.15, 0.2) is 11.0 Å². The molecule has 0 spiro atoms. The zero-order valence-electron chi connectivity index (χ0n) is 19.2. The van der Waals surface area contributed by atoms with Crippen molar-refractivity contribution in [2.75, 3.05) is 7.11 Å². The van der Waals surface area contributed by atoms with Gasteiger partial charge in [-0.2, -0.15) is 0 Å². The molecule has 0 fully saturated rings. The van der Waals surface area contributed by atoms with E-state index >= 15 is 0 Å². The number of nitro benzene ring substituents is 1. The summed E-state index contributed by atoms with van der Waals surface area (Å²) in [6.07, 6.45) is 0. The molecule has 4 rings (SSSR count). The Labute approximate surface area is 206 Å². The lowest BCUT2D eigenvalue weighted by atomic mass is 10.1. The molecule has 0 saturated carbocycles. The number of aryl methyl sites for hydroxylation is 1. The van der Waals surface area contributed by atoms with Crippen LogP contribution in [0, 0.1) is 17.0 Å². The number of amides is 1. The first kappa shape index (κ1) is 24.0. The number of nitrogens with zero attached hydrogens (tertiary/aromatic N) is 4. The molecule has 0 bridgehead atoms. The van der Waals surface area contributed by atoms with Crippen LogP contribution in [0.2, 0.25) is 0 Å². The van der Waals surface area contributed by atoms with E-state index in [1.54, 1.807) is 48.1 Å². The summed E-state index contributed by atoms with van der Waals surface area (Å²) in [7, 11) is 1.54. The number of ether oxygens (including phenoxy) is 1. The number of methoxy groups -OCH3 is 1. The molecule has 3 aromatic carbocycles. The predicted molar refractivity (Wildman–Crippen MR) is 133 cm³/mol. The van der Waals surface area contributed by atoms with E-state index in [1.165, 1.54) is 35.0 Å². The minimum absolute atomic E-state index is 0.0104. The lowest BCUT2D eigenvalue weighted by Gasteiger charge is -2.12. The van der Waals surface area contributed by atoms with Crippen LogP contribution in [0.5, 0.6) is 5.75 Å². The first-order chi connectivity index (χ1) is 17.0. The number of carbonyl (C=O) groups is 1. The molecule has 9 nitrogen and oxygen atoms in total. The highest BCUT2D eigenvalue weighted by Gasteiger charge is 2.17. The molecule has 0 unspecified atom stereocenters. The first-order valence-electron chi connectivity index (χ1n) is 10.7. The second kappa shape index (κ2) is 10.8. The average molecular weight is 490 g/mol. The molecule has 1 amide bonds. The Morgan fingerprint density at radius 3 is 2.57 bits per heavy atom. The van der Waals surface area contributed by atoms with Crippen LogP contribution >= 0.6 is 11.8 Å². The number of thioether (sulfide) groups is 1. The number of hydrogen-bond donors (Lipinski definition) is 1. The maximum Gasteiger partial charge on any atom is 0.269 e. The molecule has 0 aliphatic rings. The van der Waals surface area contributed by atoms with Crippen molar-refractivity contribution in [1.29, 1.82) is 0 Å². The van der Waals surface area contributed by atoms with Gasteiger partial charge in [-0.15, -0.1) is 10.2 Å². The maximum atomic E-state index is 12.7. The largest absolute Gasteiger partial charge is 0.497 e. The fourth-order valence-corrected chi connectivity index (χ4v) is 4.48. The molecule has 1 aromatic heterocycles. The molecule has 35 heavy (non-hydrogen) atoms. The number of non-ortho nitro benzene ring substituents is 1. The van der Waals surface area contributed by atoms with Crippen LogP contribution in [-0.2, 0) is 12.3 Å². The third-order valence-corrected chi connectivity index (χ3v) is 6.35.